The van der Waals surface area contributed by atoms with Crippen molar-refractivity contribution in [2.75, 3.05) is 0 Å². The minimum Gasteiger partial charge on any atom is -0.762 e. The van der Waals surface area contributed by atoms with Crippen molar-refractivity contribution in [3.05, 3.63) is 0 Å². The van der Waals surface area contributed by atoms with Crippen molar-refractivity contribution < 1.29 is 13.6 Å². The summed E-state index contributed by atoms with van der Waals surface area (Å²) in [5.41, 5.74) is 0. The minimum atomic E-state index is -2.33. The average Bonchev–Trinajstić information content (AvgIpc) is 1.61. The molecule has 1 unspecified atom stereocenters. The Bertz CT molecular complexity index is 116. The Hall–Kier alpha value is -0.160. The molecule has 0 aliphatic heterocycles. The highest BCUT2D eigenvalue weighted by atomic mass is 33.1. The van der Waals surface area contributed by atoms with E-state index in [4.69, 9.17) is 4.79 Å². The summed E-state index contributed by atoms with van der Waals surface area (Å²) in [7, 11) is -2.18. The monoisotopic (exact) mass is 138 g/mol. The number of rotatable bonds is 2. The van der Waals surface area contributed by atoms with Gasteiger partial charge in [0.2, 0.25) is 6.08 Å². The second-order valence-electron chi connectivity index (χ2n) is 0.461. The summed E-state index contributed by atoms with van der Waals surface area (Å²) in [4.78, 5) is 9.12. The molecule has 0 spiro atoms. The molecule has 0 aromatic rings. The largest absolute Gasteiger partial charge is 0.762 e. The molecule has 0 saturated heterocycles. The average molecular weight is 138 g/mol. The first-order chi connectivity index (χ1) is 3.27. The predicted octanol–water partition coefficient (Wildman–Crippen LogP) is -0.235. The quantitative estimate of drug-likeness (QED) is 0.174. The molecule has 0 aliphatic carbocycles. The fraction of sp³-hybridized carbons (Fsp3) is 0. The molecule has 0 amide bonds. The molecular formula is CNO3S2-. The zero-order valence-corrected chi connectivity index (χ0v) is 4.62. The van der Waals surface area contributed by atoms with Gasteiger partial charge in [0.1, 0.15) is 0 Å². The van der Waals surface area contributed by atoms with E-state index in [1.807, 2.05) is 0 Å². The highest BCUT2D eigenvalue weighted by Gasteiger charge is 1.73. The highest BCUT2D eigenvalue weighted by molar-refractivity contribution is 8.66. The molecular weight excluding hydrogens is 138 g/mol. The van der Waals surface area contributed by atoms with Crippen molar-refractivity contribution in [2.45, 2.75) is 0 Å². The van der Waals surface area contributed by atoms with Gasteiger partial charge < -0.3 is 4.55 Å². The lowest BCUT2D eigenvalue weighted by atomic mass is 11.7. The lowest BCUT2D eigenvalue weighted by Gasteiger charge is -1.90. The summed E-state index contributed by atoms with van der Waals surface area (Å²) in [6, 6.07) is 0. The third kappa shape index (κ3) is 5.84. The van der Waals surface area contributed by atoms with Crippen LogP contribution in [0.3, 0.4) is 0 Å². The third-order valence-electron chi connectivity index (χ3n) is 0.135. The zero-order chi connectivity index (χ0) is 5.70. The molecule has 0 heterocycles. The van der Waals surface area contributed by atoms with E-state index in [1.54, 1.807) is 0 Å². The van der Waals surface area contributed by atoms with E-state index >= 15 is 0 Å². The Labute approximate surface area is 45.8 Å². The maximum atomic E-state index is 9.45. The first kappa shape index (κ1) is 6.84. The minimum absolute atomic E-state index is 0.149. The Morgan fingerprint density at radius 2 is 2.43 bits per heavy atom. The summed E-state index contributed by atoms with van der Waals surface area (Å²) in [5.74, 6) is 0. The molecule has 0 radical (unpaired) electrons. The van der Waals surface area contributed by atoms with Crippen LogP contribution in [0.15, 0.2) is 4.40 Å². The molecule has 40 valence electrons. The van der Waals surface area contributed by atoms with Crippen LogP contribution in [-0.2, 0) is 14.9 Å². The molecule has 0 aromatic carbocycles. The fourth-order valence-corrected chi connectivity index (χ4v) is 0.411. The molecule has 0 bridgehead atoms. The van der Waals surface area contributed by atoms with E-state index in [9.17, 15) is 8.76 Å². The van der Waals surface area contributed by atoms with E-state index in [1.165, 1.54) is 0 Å². The van der Waals surface area contributed by atoms with Gasteiger partial charge in [0, 0.05) is 10.1 Å². The number of hydrogen-bond acceptors (Lipinski definition) is 5. The van der Waals surface area contributed by atoms with E-state index in [2.05, 4.69) is 4.40 Å². The van der Waals surface area contributed by atoms with E-state index in [0.29, 0.717) is 0 Å². The van der Waals surface area contributed by atoms with Gasteiger partial charge in [-0.15, -0.1) is 4.40 Å². The highest BCUT2D eigenvalue weighted by Crippen LogP contribution is 2.01. The third-order valence-corrected chi connectivity index (χ3v) is 0.995. The standard InChI is InChI=1S/CHNO3S2/c3-1-2-6-7(4)5/h(H,4,5)/p-1. The van der Waals surface area contributed by atoms with Gasteiger partial charge in [-0.3, -0.25) is 4.21 Å². The molecule has 0 aromatic heterocycles. The summed E-state index contributed by atoms with van der Waals surface area (Å²) < 4.78 is 21.6. The lowest BCUT2D eigenvalue weighted by molar-refractivity contribution is 0.553. The molecule has 0 rings (SSSR count). The van der Waals surface area contributed by atoms with Crippen LogP contribution in [0.2, 0.25) is 0 Å². The van der Waals surface area contributed by atoms with Crippen molar-refractivity contribution in [2.24, 2.45) is 4.40 Å². The summed E-state index contributed by atoms with van der Waals surface area (Å²) in [5, 5.41) is 0. The van der Waals surface area contributed by atoms with E-state index in [-0.39, 0.29) is 11.0 Å². The molecule has 4 nitrogen and oxygen atoms in total. The predicted molar refractivity (Wildman–Crippen MR) is 24.6 cm³/mol. The van der Waals surface area contributed by atoms with E-state index < -0.39 is 10.1 Å². The van der Waals surface area contributed by atoms with Crippen molar-refractivity contribution in [3.63, 3.8) is 0 Å². The second kappa shape index (κ2) is 4.01. The second-order valence-corrected chi connectivity index (χ2v) is 2.46. The zero-order valence-electron chi connectivity index (χ0n) is 2.99. The van der Waals surface area contributed by atoms with Crippen LogP contribution in [0.1, 0.15) is 0 Å². The SMILES string of the molecule is O=C=NSS(=O)[O-]. The molecule has 0 fully saturated rings. The smallest absolute Gasteiger partial charge is 0.248 e. The lowest BCUT2D eigenvalue weighted by Crippen LogP contribution is -1.70. The molecule has 0 N–H and O–H groups in total. The van der Waals surface area contributed by atoms with Crippen LogP contribution < -0.4 is 0 Å². The van der Waals surface area contributed by atoms with Crippen molar-refractivity contribution in [1.82, 2.24) is 0 Å². The fourth-order valence-electron chi connectivity index (χ4n) is 0.0456. The van der Waals surface area contributed by atoms with Gasteiger partial charge in [0.25, 0.3) is 0 Å². The number of isocyanates is 1. The molecule has 0 aliphatic rings. The normalized spacial score (nSPS) is 12.1. The summed E-state index contributed by atoms with van der Waals surface area (Å²) >= 11 is 0. The van der Waals surface area contributed by atoms with Crippen molar-refractivity contribution >= 4 is 27.2 Å². The number of nitrogens with zero attached hydrogens (tertiary/aromatic N) is 1. The molecule has 6 heteroatoms. The molecule has 0 saturated carbocycles. The van der Waals surface area contributed by atoms with Crippen LogP contribution in [0, 0.1) is 0 Å². The maximum absolute atomic E-state index is 9.45. The van der Waals surface area contributed by atoms with Gasteiger partial charge in [0.05, 0.1) is 11.0 Å². The van der Waals surface area contributed by atoms with Crippen LogP contribution >= 0.6 is 11.0 Å². The Balaban J connectivity index is 3.32. The molecule has 1 atom stereocenters. The van der Waals surface area contributed by atoms with Gasteiger partial charge in [-0.1, -0.05) is 0 Å². The Morgan fingerprint density at radius 1 is 1.86 bits per heavy atom. The molecule has 7 heavy (non-hydrogen) atoms. The van der Waals surface area contributed by atoms with Gasteiger partial charge in [-0.2, -0.15) is 0 Å². The van der Waals surface area contributed by atoms with Crippen molar-refractivity contribution in [3.8, 4) is 0 Å². The van der Waals surface area contributed by atoms with E-state index in [0.717, 1.165) is 6.08 Å². The van der Waals surface area contributed by atoms with Gasteiger partial charge in [-0.25, -0.2) is 4.79 Å². The van der Waals surface area contributed by atoms with Crippen LogP contribution in [0.5, 0.6) is 0 Å². The summed E-state index contributed by atoms with van der Waals surface area (Å²) in [6.07, 6.45) is 1.04. The topological polar surface area (TPSA) is 69.6 Å². The van der Waals surface area contributed by atoms with Crippen LogP contribution in [0.25, 0.3) is 0 Å². The van der Waals surface area contributed by atoms with Crippen LogP contribution in [0.4, 0.5) is 0 Å². The number of hydrogen-bond donors (Lipinski definition) is 0. The van der Waals surface area contributed by atoms with Crippen LogP contribution in [-0.4, -0.2) is 14.8 Å². The Kier molecular flexibility index (Phi) is 3.92. The van der Waals surface area contributed by atoms with Gasteiger partial charge in [-0.05, 0) is 0 Å². The van der Waals surface area contributed by atoms with Gasteiger partial charge >= 0.3 is 0 Å². The first-order valence-electron chi connectivity index (χ1n) is 1.11. The van der Waals surface area contributed by atoms with Gasteiger partial charge in [0.15, 0.2) is 0 Å². The number of carbonyl (C=O) groups excluding carboxylic acids is 1. The summed E-state index contributed by atoms with van der Waals surface area (Å²) in [6.45, 7) is 0. The Morgan fingerprint density at radius 3 is 2.57 bits per heavy atom. The maximum Gasteiger partial charge on any atom is 0.248 e. The van der Waals surface area contributed by atoms with Crippen molar-refractivity contribution in [1.29, 1.82) is 0 Å². The first-order valence-corrected chi connectivity index (χ1v) is 3.48.